The molecule has 1 atom stereocenters. The second-order valence-electron chi connectivity index (χ2n) is 9.59. The Labute approximate surface area is 169 Å². The van der Waals surface area contributed by atoms with Gasteiger partial charge in [0.2, 0.25) is 0 Å². The van der Waals surface area contributed by atoms with Crippen LogP contribution >= 0.6 is 0 Å². The zero-order chi connectivity index (χ0) is 19.6. The molecule has 1 amide bonds. The number of piperidine rings is 1. The topological polar surface area (TPSA) is 49.3 Å². The van der Waals surface area contributed by atoms with E-state index in [-0.39, 0.29) is 5.91 Å². The summed E-state index contributed by atoms with van der Waals surface area (Å²) in [4.78, 5) is 26.5. The maximum absolute atomic E-state index is 13.0. The van der Waals surface area contributed by atoms with Crippen LogP contribution in [-0.2, 0) is 0 Å². The van der Waals surface area contributed by atoms with E-state index in [0.717, 1.165) is 31.1 Å². The van der Waals surface area contributed by atoms with Crippen molar-refractivity contribution in [3.63, 3.8) is 0 Å². The Kier molecular flexibility index (Phi) is 6.00. The first kappa shape index (κ1) is 19.8. The van der Waals surface area contributed by atoms with Crippen LogP contribution in [0.4, 0.5) is 0 Å². The quantitative estimate of drug-likeness (QED) is 0.787. The number of likely N-dealkylation sites (tertiary alicyclic amines) is 2. The number of carbonyl (C=O) groups is 1. The van der Waals surface area contributed by atoms with Gasteiger partial charge >= 0.3 is 0 Å². The number of aromatic nitrogens is 2. The lowest BCUT2D eigenvalue weighted by atomic mass is 9.79. The molecule has 1 aromatic rings. The van der Waals surface area contributed by atoms with Crippen molar-refractivity contribution in [1.82, 2.24) is 19.8 Å². The highest BCUT2D eigenvalue weighted by molar-refractivity contribution is 5.92. The van der Waals surface area contributed by atoms with E-state index >= 15 is 0 Å². The van der Waals surface area contributed by atoms with Crippen molar-refractivity contribution in [2.75, 3.05) is 32.7 Å². The van der Waals surface area contributed by atoms with Gasteiger partial charge in [-0.15, -0.1) is 0 Å². The summed E-state index contributed by atoms with van der Waals surface area (Å²) in [7, 11) is 0. The Bertz CT molecular complexity index is 680. The Morgan fingerprint density at radius 3 is 2.68 bits per heavy atom. The van der Waals surface area contributed by atoms with Crippen LogP contribution in [0.3, 0.4) is 0 Å². The van der Waals surface area contributed by atoms with Crippen LogP contribution in [0, 0.1) is 25.2 Å². The molecule has 1 aliphatic carbocycles. The van der Waals surface area contributed by atoms with Crippen molar-refractivity contribution in [2.24, 2.45) is 11.3 Å². The van der Waals surface area contributed by atoms with E-state index in [2.05, 4.69) is 14.9 Å². The lowest BCUT2D eigenvalue weighted by Gasteiger charge is -2.41. The molecule has 154 valence electrons. The summed E-state index contributed by atoms with van der Waals surface area (Å²) in [5.41, 5.74) is 1.74. The minimum Gasteiger partial charge on any atom is -0.337 e. The van der Waals surface area contributed by atoms with Crippen LogP contribution in [0.1, 0.15) is 79.8 Å². The summed E-state index contributed by atoms with van der Waals surface area (Å²) in [6, 6.07) is 1.83. The molecular formula is C23H36N4O. The van der Waals surface area contributed by atoms with E-state index in [9.17, 15) is 4.79 Å². The molecular weight excluding hydrogens is 348 g/mol. The third-order valence-electron chi connectivity index (χ3n) is 7.23. The van der Waals surface area contributed by atoms with Gasteiger partial charge in [-0.2, -0.15) is 0 Å². The number of hydrogen-bond acceptors (Lipinski definition) is 4. The molecule has 4 rings (SSSR count). The summed E-state index contributed by atoms with van der Waals surface area (Å²) >= 11 is 0. The number of rotatable bonds is 4. The molecule has 2 saturated heterocycles. The maximum atomic E-state index is 13.0. The van der Waals surface area contributed by atoms with Crippen LogP contribution in [0.5, 0.6) is 0 Å². The van der Waals surface area contributed by atoms with Gasteiger partial charge in [-0.1, -0.05) is 32.1 Å². The highest BCUT2D eigenvalue weighted by Crippen LogP contribution is 2.39. The second-order valence-corrected chi connectivity index (χ2v) is 9.59. The molecule has 28 heavy (non-hydrogen) atoms. The van der Waals surface area contributed by atoms with Gasteiger partial charge in [0.05, 0.1) is 0 Å². The average Bonchev–Trinajstić information content (AvgIpc) is 3.09. The Balaban J connectivity index is 1.34. The van der Waals surface area contributed by atoms with Gasteiger partial charge in [0, 0.05) is 30.7 Å². The fourth-order valence-electron chi connectivity index (χ4n) is 5.77. The fourth-order valence-corrected chi connectivity index (χ4v) is 5.77. The number of carbonyl (C=O) groups excluding carboxylic acids is 1. The molecule has 3 fully saturated rings. The summed E-state index contributed by atoms with van der Waals surface area (Å²) in [5.74, 6) is 1.73. The number of hydrogen-bond donors (Lipinski definition) is 0. The second kappa shape index (κ2) is 8.48. The molecule has 5 heteroatoms. The Morgan fingerprint density at radius 2 is 1.89 bits per heavy atom. The van der Waals surface area contributed by atoms with Crippen LogP contribution in [-0.4, -0.2) is 58.4 Å². The number of nitrogens with zero attached hydrogens (tertiary/aromatic N) is 4. The Morgan fingerprint density at radius 1 is 1.07 bits per heavy atom. The third kappa shape index (κ3) is 4.56. The Hall–Kier alpha value is -1.49. The molecule has 1 unspecified atom stereocenters. The van der Waals surface area contributed by atoms with E-state index in [0.29, 0.717) is 16.9 Å². The van der Waals surface area contributed by atoms with Crippen molar-refractivity contribution in [3.8, 4) is 0 Å². The van der Waals surface area contributed by atoms with Gasteiger partial charge in [-0.25, -0.2) is 9.97 Å². The fraction of sp³-hybridized carbons (Fsp3) is 0.783. The molecule has 0 aromatic carbocycles. The summed E-state index contributed by atoms with van der Waals surface area (Å²) < 4.78 is 0. The van der Waals surface area contributed by atoms with Gasteiger partial charge in [-0.05, 0) is 64.6 Å². The maximum Gasteiger partial charge on any atom is 0.272 e. The van der Waals surface area contributed by atoms with Crippen LogP contribution in [0.2, 0.25) is 0 Å². The van der Waals surface area contributed by atoms with Crippen molar-refractivity contribution < 1.29 is 4.79 Å². The molecule has 0 radical (unpaired) electrons. The summed E-state index contributed by atoms with van der Waals surface area (Å²) in [5, 5.41) is 0. The first-order valence-electron chi connectivity index (χ1n) is 11.4. The van der Waals surface area contributed by atoms with Crippen LogP contribution in [0.25, 0.3) is 0 Å². The lowest BCUT2D eigenvalue weighted by molar-refractivity contribution is 0.0669. The monoisotopic (exact) mass is 384 g/mol. The molecule has 3 aliphatic rings. The van der Waals surface area contributed by atoms with Gasteiger partial charge in [0.15, 0.2) is 0 Å². The highest BCUT2D eigenvalue weighted by Gasteiger charge is 2.43. The van der Waals surface area contributed by atoms with E-state index in [1.54, 1.807) is 0 Å². The average molecular weight is 385 g/mol. The van der Waals surface area contributed by atoms with Crippen molar-refractivity contribution >= 4 is 5.91 Å². The number of aryl methyl sites for hydroxylation is 2. The summed E-state index contributed by atoms with van der Waals surface area (Å²) in [6.45, 7) is 9.23. The zero-order valence-electron chi connectivity index (χ0n) is 17.8. The predicted molar refractivity (Wildman–Crippen MR) is 111 cm³/mol. The van der Waals surface area contributed by atoms with Crippen LogP contribution < -0.4 is 0 Å². The SMILES string of the molecule is Cc1cc(C(=O)N2CCC3(CCCN(CCC4CCCCC4)C3)C2)nc(C)n1. The van der Waals surface area contributed by atoms with Crippen molar-refractivity contribution in [3.05, 3.63) is 23.3 Å². The van der Waals surface area contributed by atoms with Gasteiger partial charge in [-0.3, -0.25) is 4.79 Å². The number of amides is 1. The first-order valence-corrected chi connectivity index (χ1v) is 11.4. The zero-order valence-corrected chi connectivity index (χ0v) is 17.8. The minimum absolute atomic E-state index is 0.0878. The van der Waals surface area contributed by atoms with Crippen molar-refractivity contribution in [1.29, 1.82) is 0 Å². The molecule has 1 spiro atoms. The van der Waals surface area contributed by atoms with E-state index in [1.165, 1.54) is 71.0 Å². The third-order valence-corrected chi connectivity index (χ3v) is 7.23. The standard InChI is InChI=1S/C23H36N4O/c1-18-15-21(25-19(2)24-18)22(28)27-14-11-23(17-27)10-6-12-26(16-23)13-9-20-7-4-3-5-8-20/h15,20H,3-14,16-17H2,1-2H3. The highest BCUT2D eigenvalue weighted by atomic mass is 16.2. The van der Waals surface area contributed by atoms with Gasteiger partial charge in [0.25, 0.3) is 5.91 Å². The molecule has 5 nitrogen and oxygen atoms in total. The summed E-state index contributed by atoms with van der Waals surface area (Å²) in [6.07, 6.45) is 12.3. The molecule has 2 aliphatic heterocycles. The first-order chi connectivity index (χ1) is 13.5. The van der Waals surface area contributed by atoms with Gasteiger partial charge in [0.1, 0.15) is 11.5 Å². The van der Waals surface area contributed by atoms with E-state index in [4.69, 9.17) is 0 Å². The minimum atomic E-state index is 0.0878. The smallest absolute Gasteiger partial charge is 0.272 e. The van der Waals surface area contributed by atoms with E-state index in [1.807, 2.05) is 24.8 Å². The van der Waals surface area contributed by atoms with Gasteiger partial charge < -0.3 is 9.80 Å². The molecule has 0 N–H and O–H groups in total. The predicted octanol–water partition coefficient (Wildman–Crippen LogP) is 3.99. The molecule has 3 heterocycles. The van der Waals surface area contributed by atoms with Crippen LogP contribution in [0.15, 0.2) is 6.07 Å². The van der Waals surface area contributed by atoms with E-state index < -0.39 is 0 Å². The normalized spacial score (nSPS) is 26.9. The lowest BCUT2D eigenvalue weighted by Crippen LogP contribution is -2.46. The molecule has 1 saturated carbocycles. The largest absolute Gasteiger partial charge is 0.337 e. The molecule has 0 bridgehead atoms. The van der Waals surface area contributed by atoms with Crippen molar-refractivity contribution in [2.45, 2.75) is 71.6 Å². The molecule has 1 aromatic heterocycles.